The van der Waals surface area contributed by atoms with Gasteiger partial charge in [0.2, 0.25) is 5.91 Å². The third-order valence-corrected chi connectivity index (χ3v) is 5.24. The summed E-state index contributed by atoms with van der Waals surface area (Å²) >= 11 is 0. The molecule has 0 unspecified atom stereocenters. The zero-order valence-electron chi connectivity index (χ0n) is 14.9. The van der Waals surface area contributed by atoms with E-state index in [9.17, 15) is 9.59 Å². The van der Waals surface area contributed by atoms with E-state index in [-0.39, 0.29) is 23.6 Å². The maximum Gasteiger partial charge on any atom is 0.345 e. The molecule has 0 saturated carbocycles. The number of ether oxygens (including phenoxy) is 1. The molecule has 4 heterocycles. The van der Waals surface area contributed by atoms with E-state index in [1.165, 1.54) is 4.68 Å². The van der Waals surface area contributed by atoms with Crippen molar-refractivity contribution in [3.8, 4) is 5.75 Å². The van der Waals surface area contributed by atoms with Gasteiger partial charge in [0.05, 0.1) is 12.1 Å². The number of nitrogens with zero attached hydrogens (tertiary/aromatic N) is 5. The maximum absolute atomic E-state index is 12.9. The van der Waals surface area contributed by atoms with E-state index >= 15 is 0 Å². The number of aryl methyl sites for hydroxylation is 2. The van der Waals surface area contributed by atoms with E-state index in [0.717, 1.165) is 30.8 Å². The second kappa shape index (κ2) is 6.93. The zero-order chi connectivity index (χ0) is 18.1. The van der Waals surface area contributed by atoms with Crippen molar-refractivity contribution >= 4 is 5.91 Å². The van der Waals surface area contributed by atoms with E-state index in [4.69, 9.17) is 4.74 Å². The highest BCUT2D eigenvalue weighted by molar-refractivity contribution is 5.79. The highest BCUT2D eigenvalue weighted by atomic mass is 16.5. The predicted octanol–water partition coefficient (Wildman–Crippen LogP) is 0.609. The molecule has 2 aliphatic rings. The number of aromatic nitrogens is 4. The minimum absolute atomic E-state index is 0.113. The Balaban J connectivity index is 1.34. The molecule has 2 aromatic heterocycles. The number of likely N-dealkylation sites (tertiary alicyclic amines) is 1. The van der Waals surface area contributed by atoms with Gasteiger partial charge < -0.3 is 9.64 Å². The second-order valence-corrected chi connectivity index (χ2v) is 7.00. The summed E-state index contributed by atoms with van der Waals surface area (Å²) in [5, 5.41) is 4.23. The first-order chi connectivity index (χ1) is 12.6. The van der Waals surface area contributed by atoms with Crippen molar-refractivity contribution in [3.05, 3.63) is 40.8 Å². The van der Waals surface area contributed by atoms with E-state index in [2.05, 4.69) is 10.1 Å². The van der Waals surface area contributed by atoms with Gasteiger partial charge in [-0.1, -0.05) is 0 Å². The molecule has 2 aliphatic heterocycles. The standard InChI is InChI=1S/C18H23N5O3/c1-21-18(25)23-12-13(4-5-16(23)20-21)17(24)22-9-6-14(7-10-22)26-15-3-2-8-19-11-15/h2-3,8,11,13-14H,4-7,9-10,12H2,1H3/t13-/m0/s1. The van der Waals surface area contributed by atoms with Crippen LogP contribution in [0, 0.1) is 5.92 Å². The summed E-state index contributed by atoms with van der Waals surface area (Å²) in [5.41, 5.74) is -0.138. The van der Waals surface area contributed by atoms with Crippen LogP contribution in [0.15, 0.2) is 29.3 Å². The molecule has 0 N–H and O–H groups in total. The summed E-state index contributed by atoms with van der Waals surface area (Å²) in [7, 11) is 1.65. The Kier molecular flexibility index (Phi) is 4.48. The molecule has 0 radical (unpaired) electrons. The summed E-state index contributed by atoms with van der Waals surface area (Å²) < 4.78 is 8.93. The summed E-state index contributed by atoms with van der Waals surface area (Å²) in [5.74, 6) is 1.56. The number of carbonyl (C=O) groups excluding carboxylic acids is 1. The van der Waals surface area contributed by atoms with Crippen molar-refractivity contribution in [1.82, 2.24) is 24.2 Å². The van der Waals surface area contributed by atoms with Crippen molar-refractivity contribution in [3.63, 3.8) is 0 Å². The van der Waals surface area contributed by atoms with E-state index < -0.39 is 0 Å². The van der Waals surface area contributed by atoms with Crippen LogP contribution in [0.1, 0.15) is 25.1 Å². The predicted molar refractivity (Wildman–Crippen MR) is 93.7 cm³/mol. The molecule has 0 aliphatic carbocycles. The van der Waals surface area contributed by atoms with Crippen molar-refractivity contribution in [2.24, 2.45) is 13.0 Å². The molecule has 1 fully saturated rings. The van der Waals surface area contributed by atoms with Gasteiger partial charge in [-0.25, -0.2) is 9.48 Å². The molecule has 0 aromatic carbocycles. The number of fused-ring (bicyclic) bond motifs is 1. The number of piperidine rings is 1. The Labute approximate surface area is 151 Å². The molecule has 8 heteroatoms. The molecule has 138 valence electrons. The fraction of sp³-hybridized carbons (Fsp3) is 0.556. The first kappa shape index (κ1) is 16.8. The van der Waals surface area contributed by atoms with Gasteiger partial charge in [-0.3, -0.25) is 14.3 Å². The minimum atomic E-state index is -0.139. The summed E-state index contributed by atoms with van der Waals surface area (Å²) in [6.07, 6.45) is 6.59. The third kappa shape index (κ3) is 3.23. The van der Waals surface area contributed by atoms with Gasteiger partial charge in [0, 0.05) is 52.1 Å². The maximum atomic E-state index is 12.9. The normalized spacial score (nSPS) is 20.7. The first-order valence-electron chi connectivity index (χ1n) is 9.10. The van der Waals surface area contributed by atoms with E-state index in [1.807, 2.05) is 17.0 Å². The fourth-order valence-corrected chi connectivity index (χ4v) is 3.80. The van der Waals surface area contributed by atoms with Crippen LogP contribution in [0.5, 0.6) is 5.75 Å². The molecule has 26 heavy (non-hydrogen) atoms. The zero-order valence-corrected chi connectivity index (χ0v) is 14.9. The lowest BCUT2D eigenvalue weighted by molar-refractivity contribution is -0.138. The van der Waals surface area contributed by atoms with Crippen molar-refractivity contribution in [2.75, 3.05) is 13.1 Å². The fourth-order valence-electron chi connectivity index (χ4n) is 3.80. The smallest absolute Gasteiger partial charge is 0.345 e. The Morgan fingerprint density at radius 2 is 2.08 bits per heavy atom. The molecule has 1 amide bonds. The lowest BCUT2D eigenvalue weighted by atomic mass is 9.96. The van der Waals surface area contributed by atoms with E-state index in [0.29, 0.717) is 26.1 Å². The van der Waals surface area contributed by atoms with Gasteiger partial charge in [0.15, 0.2) is 0 Å². The topological polar surface area (TPSA) is 82.2 Å². The number of carbonyl (C=O) groups is 1. The quantitative estimate of drug-likeness (QED) is 0.804. The van der Waals surface area contributed by atoms with Crippen molar-refractivity contribution in [1.29, 1.82) is 0 Å². The molecule has 8 nitrogen and oxygen atoms in total. The summed E-state index contributed by atoms with van der Waals surface area (Å²) in [6.45, 7) is 1.82. The number of rotatable bonds is 3. The average Bonchev–Trinajstić information content (AvgIpc) is 2.96. The van der Waals surface area contributed by atoms with E-state index in [1.54, 1.807) is 24.0 Å². The monoisotopic (exact) mass is 357 g/mol. The Morgan fingerprint density at radius 3 is 2.81 bits per heavy atom. The van der Waals surface area contributed by atoms with Gasteiger partial charge in [0.25, 0.3) is 0 Å². The van der Waals surface area contributed by atoms with Crippen LogP contribution in [0.2, 0.25) is 0 Å². The average molecular weight is 357 g/mol. The van der Waals surface area contributed by atoms with Gasteiger partial charge in [-0.15, -0.1) is 0 Å². The Morgan fingerprint density at radius 1 is 1.27 bits per heavy atom. The lowest BCUT2D eigenvalue weighted by Gasteiger charge is -2.35. The lowest BCUT2D eigenvalue weighted by Crippen LogP contribution is -2.46. The van der Waals surface area contributed by atoms with Crippen LogP contribution in [-0.2, 0) is 24.8 Å². The van der Waals surface area contributed by atoms with Crippen LogP contribution in [0.25, 0.3) is 0 Å². The van der Waals surface area contributed by atoms with Crippen molar-refractivity contribution < 1.29 is 9.53 Å². The molecular weight excluding hydrogens is 334 g/mol. The largest absolute Gasteiger partial charge is 0.489 e. The number of hydrogen-bond donors (Lipinski definition) is 0. The van der Waals surface area contributed by atoms with Gasteiger partial charge in [-0.05, 0) is 18.6 Å². The molecule has 0 bridgehead atoms. The van der Waals surface area contributed by atoms with Gasteiger partial charge in [0.1, 0.15) is 17.7 Å². The highest BCUT2D eigenvalue weighted by Crippen LogP contribution is 2.23. The molecule has 2 aromatic rings. The Hall–Kier alpha value is -2.64. The van der Waals surface area contributed by atoms with Crippen LogP contribution in [-0.4, -0.2) is 49.3 Å². The van der Waals surface area contributed by atoms with Crippen LogP contribution in [0.3, 0.4) is 0 Å². The highest BCUT2D eigenvalue weighted by Gasteiger charge is 2.32. The number of hydrogen-bond acceptors (Lipinski definition) is 5. The van der Waals surface area contributed by atoms with Crippen molar-refractivity contribution in [2.45, 2.75) is 38.3 Å². The summed E-state index contributed by atoms with van der Waals surface area (Å²) in [4.78, 5) is 30.9. The van der Waals surface area contributed by atoms with Crippen LogP contribution >= 0.6 is 0 Å². The molecule has 0 spiro atoms. The first-order valence-corrected chi connectivity index (χ1v) is 9.10. The summed E-state index contributed by atoms with van der Waals surface area (Å²) in [6, 6.07) is 3.75. The number of pyridine rings is 1. The SMILES string of the molecule is Cn1nc2n(c1=O)C[C@@H](C(=O)N1CCC(Oc3cccnc3)CC1)CC2. The minimum Gasteiger partial charge on any atom is -0.489 e. The molecule has 1 saturated heterocycles. The molecular formula is C18H23N5O3. The number of amides is 1. The third-order valence-electron chi connectivity index (χ3n) is 5.24. The molecule has 4 rings (SSSR count). The van der Waals surface area contributed by atoms with Crippen LogP contribution < -0.4 is 10.4 Å². The second-order valence-electron chi connectivity index (χ2n) is 7.00. The molecule has 1 atom stereocenters. The van der Waals surface area contributed by atoms with Gasteiger partial charge in [-0.2, -0.15) is 5.10 Å². The van der Waals surface area contributed by atoms with Crippen LogP contribution in [0.4, 0.5) is 0 Å². The van der Waals surface area contributed by atoms with Gasteiger partial charge >= 0.3 is 5.69 Å². The Bertz CT molecular complexity index is 836.